The summed E-state index contributed by atoms with van der Waals surface area (Å²) >= 11 is 0. The van der Waals surface area contributed by atoms with E-state index >= 15 is 0 Å². The zero-order valence-corrected chi connectivity index (χ0v) is 9.91. The van der Waals surface area contributed by atoms with E-state index in [1.165, 1.54) is 25.7 Å². The highest BCUT2D eigenvalue weighted by Gasteiger charge is 2.26. The molecular formula is C13H25NO. The molecule has 0 spiro atoms. The first-order valence-corrected chi connectivity index (χ1v) is 6.23. The standard InChI is InChI=1S/C13H25NO/c1-3-4-6-11(2)14-9-12-7-5-8-13(12)10-15/h3,11-15H,1,4-10H2,2H3. The Hall–Kier alpha value is -0.340. The van der Waals surface area contributed by atoms with Crippen LogP contribution in [0, 0.1) is 11.8 Å². The maximum absolute atomic E-state index is 9.20. The SMILES string of the molecule is C=CCCC(C)NCC1CCCC1CO. The van der Waals surface area contributed by atoms with Crippen molar-refractivity contribution in [2.75, 3.05) is 13.2 Å². The summed E-state index contributed by atoms with van der Waals surface area (Å²) in [4.78, 5) is 0. The minimum atomic E-state index is 0.368. The average molecular weight is 211 g/mol. The van der Waals surface area contributed by atoms with E-state index in [0.29, 0.717) is 24.5 Å². The molecule has 2 nitrogen and oxygen atoms in total. The van der Waals surface area contributed by atoms with Crippen LogP contribution in [0.15, 0.2) is 12.7 Å². The molecule has 0 aromatic carbocycles. The van der Waals surface area contributed by atoms with Crippen molar-refractivity contribution in [1.29, 1.82) is 0 Å². The second kappa shape index (κ2) is 7.02. The van der Waals surface area contributed by atoms with Crippen molar-refractivity contribution < 1.29 is 5.11 Å². The monoisotopic (exact) mass is 211 g/mol. The van der Waals surface area contributed by atoms with Crippen LogP contribution in [0.5, 0.6) is 0 Å². The fraction of sp³-hybridized carbons (Fsp3) is 0.846. The number of aliphatic hydroxyl groups is 1. The zero-order chi connectivity index (χ0) is 11.1. The summed E-state index contributed by atoms with van der Waals surface area (Å²) in [6.07, 6.45) is 8.02. The molecule has 1 saturated carbocycles. The molecule has 0 saturated heterocycles. The maximum Gasteiger partial charge on any atom is 0.0462 e. The van der Waals surface area contributed by atoms with Gasteiger partial charge in [-0.1, -0.05) is 12.5 Å². The molecule has 1 aliphatic rings. The molecule has 1 fully saturated rings. The number of aliphatic hydroxyl groups excluding tert-OH is 1. The molecular weight excluding hydrogens is 186 g/mol. The Balaban J connectivity index is 2.15. The molecule has 3 unspecified atom stereocenters. The summed E-state index contributed by atoms with van der Waals surface area (Å²) in [5.74, 6) is 1.24. The molecule has 0 aromatic rings. The van der Waals surface area contributed by atoms with Crippen LogP contribution >= 0.6 is 0 Å². The van der Waals surface area contributed by atoms with Crippen molar-refractivity contribution in [3.8, 4) is 0 Å². The Morgan fingerprint density at radius 2 is 2.20 bits per heavy atom. The van der Waals surface area contributed by atoms with Gasteiger partial charge < -0.3 is 10.4 Å². The summed E-state index contributed by atoms with van der Waals surface area (Å²) < 4.78 is 0. The smallest absolute Gasteiger partial charge is 0.0462 e. The van der Waals surface area contributed by atoms with Gasteiger partial charge >= 0.3 is 0 Å². The van der Waals surface area contributed by atoms with Crippen LogP contribution in [0.3, 0.4) is 0 Å². The molecule has 0 heterocycles. The van der Waals surface area contributed by atoms with Gasteiger partial charge in [-0.15, -0.1) is 6.58 Å². The van der Waals surface area contributed by atoms with E-state index < -0.39 is 0 Å². The molecule has 2 N–H and O–H groups in total. The van der Waals surface area contributed by atoms with Crippen LogP contribution in [0.2, 0.25) is 0 Å². The Kier molecular flexibility index (Phi) is 5.96. The predicted molar refractivity (Wildman–Crippen MR) is 64.8 cm³/mol. The van der Waals surface area contributed by atoms with Crippen LogP contribution in [0.4, 0.5) is 0 Å². The molecule has 0 aliphatic heterocycles. The van der Waals surface area contributed by atoms with Crippen LogP contribution in [-0.2, 0) is 0 Å². The van der Waals surface area contributed by atoms with E-state index in [4.69, 9.17) is 0 Å². The molecule has 0 aromatic heterocycles. The van der Waals surface area contributed by atoms with E-state index in [1.54, 1.807) is 0 Å². The van der Waals surface area contributed by atoms with Crippen molar-refractivity contribution >= 4 is 0 Å². The van der Waals surface area contributed by atoms with Gasteiger partial charge in [0, 0.05) is 12.6 Å². The lowest BCUT2D eigenvalue weighted by molar-refractivity contribution is 0.190. The minimum Gasteiger partial charge on any atom is -0.396 e. The van der Waals surface area contributed by atoms with Crippen LogP contribution in [0.1, 0.15) is 39.0 Å². The number of allylic oxidation sites excluding steroid dienone is 1. The lowest BCUT2D eigenvalue weighted by atomic mass is 9.96. The molecule has 15 heavy (non-hydrogen) atoms. The fourth-order valence-corrected chi connectivity index (χ4v) is 2.45. The van der Waals surface area contributed by atoms with Crippen molar-refractivity contribution in [3.63, 3.8) is 0 Å². The number of hydrogen-bond donors (Lipinski definition) is 2. The first kappa shape index (κ1) is 12.7. The van der Waals surface area contributed by atoms with Crippen molar-refractivity contribution in [1.82, 2.24) is 5.32 Å². The van der Waals surface area contributed by atoms with Crippen LogP contribution in [0.25, 0.3) is 0 Å². The van der Waals surface area contributed by atoms with Gasteiger partial charge in [0.05, 0.1) is 0 Å². The summed E-state index contributed by atoms with van der Waals surface area (Å²) in [6.45, 7) is 7.40. The largest absolute Gasteiger partial charge is 0.396 e. The summed E-state index contributed by atoms with van der Waals surface area (Å²) in [6, 6.07) is 0.572. The number of nitrogens with one attached hydrogen (secondary N) is 1. The molecule has 0 radical (unpaired) electrons. The van der Waals surface area contributed by atoms with Gasteiger partial charge in [-0.2, -0.15) is 0 Å². The minimum absolute atomic E-state index is 0.368. The van der Waals surface area contributed by atoms with Gasteiger partial charge in [0.15, 0.2) is 0 Å². The van der Waals surface area contributed by atoms with E-state index in [0.717, 1.165) is 13.0 Å². The third kappa shape index (κ3) is 4.35. The van der Waals surface area contributed by atoms with Crippen molar-refractivity contribution in [3.05, 3.63) is 12.7 Å². The molecule has 1 aliphatic carbocycles. The first-order chi connectivity index (χ1) is 7.27. The van der Waals surface area contributed by atoms with E-state index in [9.17, 15) is 5.11 Å². The molecule has 2 heteroatoms. The lowest BCUT2D eigenvalue weighted by Crippen LogP contribution is -2.33. The molecule has 88 valence electrons. The highest BCUT2D eigenvalue weighted by Crippen LogP contribution is 2.30. The van der Waals surface area contributed by atoms with Gasteiger partial charge in [-0.3, -0.25) is 0 Å². The third-order valence-electron chi connectivity index (χ3n) is 3.58. The summed E-state index contributed by atoms with van der Waals surface area (Å²) in [7, 11) is 0. The van der Waals surface area contributed by atoms with Gasteiger partial charge in [-0.05, 0) is 51.0 Å². The van der Waals surface area contributed by atoms with Crippen molar-refractivity contribution in [2.24, 2.45) is 11.8 Å². The van der Waals surface area contributed by atoms with Gasteiger partial charge in [-0.25, -0.2) is 0 Å². The second-order valence-corrected chi connectivity index (χ2v) is 4.81. The Bertz CT molecular complexity index is 181. The Morgan fingerprint density at radius 1 is 1.47 bits per heavy atom. The number of rotatable bonds is 7. The summed E-state index contributed by atoms with van der Waals surface area (Å²) in [5, 5.41) is 12.8. The molecule has 1 rings (SSSR count). The fourth-order valence-electron chi connectivity index (χ4n) is 2.45. The van der Waals surface area contributed by atoms with Crippen LogP contribution in [-0.4, -0.2) is 24.3 Å². The van der Waals surface area contributed by atoms with E-state index in [1.807, 2.05) is 6.08 Å². The molecule has 0 bridgehead atoms. The van der Waals surface area contributed by atoms with Crippen LogP contribution < -0.4 is 5.32 Å². The van der Waals surface area contributed by atoms with E-state index in [-0.39, 0.29) is 0 Å². The predicted octanol–water partition coefficient (Wildman–Crippen LogP) is 2.34. The highest BCUT2D eigenvalue weighted by molar-refractivity contribution is 4.80. The normalized spacial score (nSPS) is 27.9. The molecule has 0 amide bonds. The lowest BCUT2D eigenvalue weighted by Gasteiger charge is -2.20. The van der Waals surface area contributed by atoms with Gasteiger partial charge in [0.1, 0.15) is 0 Å². The summed E-state index contributed by atoms with van der Waals surface area (Å²) in [5.41, 5.74) is 0. The van der Waals surface area contributed by atoms with Gasteiger partial charge in [0.25, 0.3) is 0 Å². The Labute approximate surface area is 93.8 Å². The highest BCUT2D eigenvalue weighted by atomic mass is 16.3. The Morgan fingerprint density at radius 3 is 2.87 bits per heavy atom. The average Bonchev–Trinajstić information content (AvgIpc) is 2.70. The third-order valence-corrected chi connectivity index (χ3v) is 3.58. The number of hydrogen-bond acceptors (Lipinski definition) is 2. The topological polar surface area (TPSA) is 32.3 Å². The van der Waals surface area contributed by atoms with Crippen molar-refractivity contribution in [2.45, 2.75) is 45.1 Å². The first-order valence-electron chi connectivity index (χ1n) is 6.23. The van der Waals surface area contributed by atoms with Gasteiger partial charge in [0.2, 0.25) is 0 Å². The molecule has 3 atom stereocenters. The maximum atomic E-state index is 9.20. The van der Waals surface area contributed by atoms with E-state index in [2.05, 4.69) is 18.8 Å². The quantitative estimate of drug-likeness (QED) is 0.634. The second-order valence-electron chi connectivity index (χ2n) is 4.81. The zero-order valence-electron chi connectivity index (χ0n) is 9.91.